The number of aromatic nitrogens is 3. The van der Waals surface area contributed by atoms with Crippen molar-refractivity contribution in [2.45, 2.75) is 5.16 Å². The predicted octanol–water partition coefficient (Wildman–Crippen LogP) is 1.36. The Labute approximate surface area is 112 Å². The number of H-pyrrole nitrogens is 1. The van der Waals surface area contributed by atoms with Crippen molar-refractivity contribution >= 4 is 17.7 Å². The van der Waals surface area contributed by atoms with E-state index < -0.39 is 5.97 Å². The van der Waals surface area contributed by atoms with Crippen LogP contribution in [-0.2, 0) is 4.79 Å². The van der Waals surface area contributed by atoms with Crippen molar-refractivity contribution < 1.29 is 19.7 Å². The van der Waals surface area contributed by atoms with Crippen LogP contribution in [0.15, 0.2) is 23.4 Å². The number of methoxy groups -OCH3 is 1. The average molecular weight is 281 g/mol. The van der Waals surface area contributed by atoms with E-state index in [9.17, 15) is 9.90 Å². The molecule has 2 rings (SSSR count). The van der Waals surface area contributed by atoms with E-state index in [4.69, 9.17) is 9.84 Å². The van der Waals surface area contributed by atoms with Gasteiger partial charge in [-0.05, 0) is 12.1 Å². The molecule has 1 aromatic carbocycles. The maximum Gasteiger partial charge on any atom is 0.313 e. The second-order valence-electron chi connectivity index (χ2n) is 3.52. The summed E-state index contributed by atoms with van der Waals surface area (Å²) in [5, 5.41) is 26.5. The molecule has 0 radical (unpaired) electrons. The number of hydrogen-bond donors (Lipinski definition) is 3. The largest absolute Gasteiger partial charge is 0.507 e. The number of aliphatic carboxylic acids is 1. The molecule has 0 spiro atoms. The van der Waals surface area contributed by atoms with Crippen LogP contribution < -0.4 is 4.74 Å². The van der Waals surface area contributed by atoms with E-state index in [1.807, 2.05) is 0 Å². The Morgan fingerprint density at radius 2 is 2.26 bits per heavy atom. The third kappa shape index (κ3) is 2.97. The van der Waals surface area contributed by atoms with Crippen molar-refractivity contribution in [2.24, 2.45) is 0 Å². The third-order valence-electron chi connectivity index (χ3n) is 2.26. The lowest BCUT2D eigenvalue weighted by Crippen LogP contribution is -1.97. The van der Waals surface area contributed by atoms with Crippen molar-refractivity contribution in [3.05, 3.63) is 18.2 Å². The van der Waals surface area contributed by atoms with Gasteiger partial charge in [0.1, 0.15) is 17.1 Å². The topological polar surface area (TPSA) is 108 Å². The Balaban J connectivity index is 2.30. The normalized spacial score (nSPS) is 10.4. The van der Waals surface area contributed by atoms with Crippen molar-refractivity contribution in [3.63, 3.8) is 0 Å². The predicted molar refractivity (Wildman–Crippen MR) is 68.4 cm³/mol. The van der Waals surface area contributed by atoms with Crippen LogP contribution >= 0.6 is 11.8 Å². The number of phenols is 1. The number of hydrogen-bond acceptors (Lipinski definition) is 6. The molecule has 0 bridgehead atoms. The molecule has 0 atom stereocenters. The zero-order valence-electron chi connectivity index (χ0n) is 9.95. The molecule has 0 saturated carbocycles. The number of carboxylic acids is 1. The second kappa shape index (κ2) is 5.61. The third-order valence-corrected chi connectivity index (χ3v) is 3.11. The van der Waals surface area contributed by atoms with Crippen molar-refractivity contribution in [1.29, 1.82) is 0 Å². The number of aromatic hydroxyl groups is 1. The minimum atomic E-state index is -0.942. The molecule has 19 heavy (non-hydrogen) atoms. The quantitative estimate of drug-likeness (QED) is 0.710. The van der Waals surface area contributed by atoms with E-state index in [-0.39, 0.29) is 11.5 Å². The van der Waals surface area contributed by atoms with Gasteiger partial charge in [0, 0.05) is 0 Å². The Morgan fingerprint density at radius 1 is 1.47 bits per heavy atom. The first-order chi connectivity index (χ1) is 9.11. The average Bonchev–Trinajstić information content (AvgIpc) is 2.84. The van der Waals surface area contributed by atoms with Gasteiger partial charge in [-0.25, -0.2) is 0 Å². The van der Waals surface area contributed by atoms with E-state index in [0.717, 1.165) is 11.8 Å². The molecule has 100 valence electrons. The summed E-state index contributed by atoms with van der Waals surface area (Å²) in [6.07, 6.45) is 0. The van der Waals surface area contributed by atoms with E-state index in [2.05, 4.69) is 15.2 Å². The number of ether oxygens (including phenoxy) is 1. The molecular formula is C11H11N3O4S. The maximum absolute atomic E-state index is 10.5. The van der Waals surface area contributed by atoms with Crippen LogP contribution in [-0.4, -0.2) is 44.2 Å². The number of aromatic amines is 1. The van der Waals surface area contributed by atoms with Crippen LogP contribution in [0.3, 0.4) is 0 Å². The molecule has 0 aliphatic rings. The number of rotatable bonds is 5. The molecule has 3 N–H and O–H groups in total. The molecule has 0 amide bonds. The molecule has 2 aromatic rings. The molecule has 7 nitrogen and oxygen atoms in total. The number of nitrogens with zero attached hydrogens (tertiary/aromatic N) is 2. The van der Waals surface area contributed by atoms with Gasteiger partial charge in [0.15, 0.2) is 11.0 Å². The molecule has 1 heterocycles. The number of nitrogens with one attached hydrogen (secondary N) is 1. The summed E-state index contributed by atoms with van der Waals surface area (Å²) in [7, 11) is 1.48. The van der Waals surface area contributed by atoms with Crippen LogP contribution in [0.1, 0.15) is 0 Å². The van der Waals surface area contributed by atoms with Crippen molar-refractivity contribution in [2.75, 3.05) is 12.9 Å². The lowest BCUT2D eigenvalue weighted by molar-refractivity contribution is -0.133. The van der Waals surface area contributed by atoms with Gasteiger partial charge in [-0.3, -0.25) is 4.79 Å². The second-order valence-corrected chi connectivity index (χ2v) is 4.48. The first kappa shape index (κ1) is 13.2. The van der Waals surface area contributed by atoms with Crippen LogP contribution in [0.5, 0.6) is 11.5 Å². The summed E-state index contributed by atoms with van der Waals surface area (Å²) in [6.45, 7) is 0. The lowest BCUT2D eigenvalue weighted by atomic mass is 10.1. The standard InChI is InChI=1S/C11H11N3O4S/c1-18-7-4-2-3-6(15)9(7)10-12-11(14-13-10)19-5-8(16)17/h2-4,15H,5H2,1H3,(H,16,17)(H,12,13,14). The molecule has 0 aliphatic carbocycles. The molecule has 1 aromatic heterocycles. The van der Waals surface area contributed by atoms with Gasteiger partial charge in [-0.1, -0.05) is 17.8 Å². The summed E-state index contributed by atoms with van der Waals surface area (Å²) < 4.78 is 5.14. The van der Waals surface area contributed by atoms with Crippen molar-refractivity contribution in [1.82, 2.24) is 15.2 Å². The van der Waals surface area contributed by atoms with Gasteiger partial charge < -0.3 is 19.9 Å². The number of benzene rings is 1. The maximum atomic E-state index is 10.5. The minimum Gasteiger partial charge on any atom is -0.507 e. The van der Waals surface area contributed by atoms with Crippen LogP contribution in [0, 0.1) is 0 Å². The summed E-state index contributed by atoms with van der Waals surface area (Å²) in [4.78, 5) is 13.3. The van der Waals surface area contributed by atoms with Crippen LogP contribution in [0.2, 0.25) is 0 Å². The highest BCUT2D eigenvalue weighted by Gasteiger charge is 2.15. The zero-order chi connectivity index (χ0) is 13.8. The SMILES string of the molecule is COc1cccc(O)c1-c1nnc(SCC(=O)O)[nH]1. The van der Waals surface area contributed by atoms with E-state index in [1.165, 1.54) is 13.2 Å². The Bertz CT molecular complexity index is 599. The van der Waals surface area contributed by atoms with Gasteiger partial charge in [0.2, 0.25) is 0 Å². The Kier molecular flexibility index (Phi) is 3.91. The molecule has 0 fully saturated rings. The summed E-state index contributed by atoms with van der Waals surface area (Å²) in [5.41, 5.74) is 0.389. The van der Waals surface area contributed by atoms with Gasteiger partial charge in [-0.15, -0.1) is 10.2 Å². The smallest absolute Gasteiger partial charge is 0.313 e. The van der Waals surface area contributed by atoms with E-state index in [0.29, 0.717) is 22.3 Å². The molecular weight excluding hydrogens is 270 g/mol. The highest BCUT2D eigenvalue weighted by Crippen LogP contribution is 2.35. The Hall–Kier alpha value is -2.22. The fourth-order valence-electron chi connectivity index (χ4n) is 1.48. The van der Waals surface area contributed by atoms with Gasteiger partial charge in [0.05, 0.1) is 12.9 Å². The lowest BCUT2D eigenvalue weighted by Gasteiger charge is -2.06. The summed E-state index contributed by atoms with van der Waals surface area (Å²) in [6, 6.07) is 4.83. The fourth-order valence-corrected chi connectivity index (χ4v) is 2.01. The van der Waals surface area contributed by atoms with Gasteiger partial charge in [-0.2, -0.15) is 0 Å². The zero-order valence-corrected chi connectivity index (χ0v) is 10.8. The van der Waals surface area contributed by atoms with E-state index in [1.54, 1.807) is 12.1 Å². The highest BCUT2D eigenvalue weighted by atomic mass is 32.2. The van der Waals surface area contributed by atoms with Crippen molar-refractivity contribution in [3.8, 4) is 22.9 Å². The monoisotopic (exact) mass is 281 g/mol. The molecule has 0 saturated heterocycles. The van der Waals surface area contributed by atoms with Gasteiger partial charge in [0.25, 0.3) is 0 Å². The molecule has 0 unspecified atom stereocenters. The first-order valence-electron chi connectivity index (χ1n) is 5.25. The number of phenolic OH excluding ortho intramolecular Hbond substituents is 1. The minimum absolute atomic E-state index is 0.00489. The fraction of sp³-hybridized carbons (Fsp3) is 0.182. The molecule has 8 heteroatoms. The summed E-state index contributed by atoms with van der Waals surface area (Å²) in [5.74, 6) is -0.283. The van der Waals surface area contributed by atoms with Crippen LogP contribution in [0.25, 0.3) is 11.4 Å². The summed E-state index contributed by atoms with van der Waals surface area (Å²) >= 11 is 1.01. The number of carboxylic acid groups (broad SMARTS) is 1. The molecule has 0 aliphatic heterocycles. The van der Waals surface area contributed by atoms with Crippen LogP contribution in [0.4, 0.5) is 0 Å². The Morgan fingerprint density at radius 3 is 2.95 bits per heavy atom. The highest BCUT2D eigenvalue weighted by molar-refractivity contribution is 7.99. The number of thioether (sulfide) groups is 1. The van der Waals surface area contributed by atoms with E-state index >= 15 is 0 Å². The first-order valence-corrected chi connectivity index (χ1v) is 6.24. The van der Waals surface area contributed by atoms with Gasteiger partial charge >= 0.3 is 5.97 Å². The number of carbonyl (C=O) groups is 1.